The fourth-order valence-corrected chi connectivity index (χ4v) is 2.70. The average molecular weight is 342 g/mol. The van der Waals surface area contributed by atoms with E-state index in [-0.39, 0.29) is 18.0 Å². The Kier molecular flexibility index (Phi) is 4.83. The Labute approximate surface area is 139 Å². The molecule has 0 spiro atoms. The third kappa shape index (κ3) is 3.45. The van der Waals surface area contributed by atoms with E-state index >= 15 is 0 Å². The van der Waals surface area contributed by atoms with E-state index in [1.54, 1.807) is 18.2 Å². The van der Waals surface area contributed by atoms with Gasteiger partial charge in [0.2, 0.25) is 0 Å². The van der Waals surface area contributed by atoms with E-state index in [0.29, 0.717) is 32.6 Å². The number of nitrogens with zero attached hydrogens (tertiary/aromatic N) is 1. The van der Waals surface area contributed by atoms with Crippen LogP contribution in [0.3, 0.4) is 0 Å². The normalized spacial score (nSPS) is 11.5. The van der Waals surface area contributed by atoms with Crippen molar-refractivity contribution in [2.24, 2.45) is 0 Å². The summed E-state index contributed by atoms with van der Waals surface area (Å²) in [7, 11) is 0. The van der Waals surface area contributed by atoms with Gasteiger partial charge in [-0.05, 0) is 12.1 Å². The van der Waals surface area contributed by atoms with E-state index in [4.69, 9.17) is 32.5 Å². The molecule has 0 aliphatic carbocycles. The van der Waals surface area contributed by atoms with Gasteiger partial charge in [0.25, 0.3) is 0 Å². The maximum absolute atomic E-state index is 11.2. The van der Waals surface area contributed by atoms with Crippen molar-refractivity contribution in [1.82, 2.24) is 5.16 Å². The minimum absolute atomic E-state index is 0.0579. The number of benzene rings is 1. The lowest BCUT2D eigenvalue weighted by atomic mass is 9.89. The van der Waals surface area contributed by atoms with E-state index in [9.17, 15) is 4.79 Å². The smallest absolute Gasteiger partial charge is 0.302 e. The molecule has 2 rings (SSSR count). The van der Waals surface area contributed by atoms with Gasteiger partial charge in [-0.25, -0.2) is 0 Å². The third-order valence-corrected chi connectivity index (χ3v) is 3.72. The molecule has 0 bridgehead atoms. The zero-order valence-corrected chi connectivity index (χ0v) is 14.4. The standard InChI is InChI=1S/C16H17Cl2NO3/c1-9(20)21-8-10-14(19-22-15(10)16(2,3)4)13-11(17)6-5-7-12(13)18/h5-7H,8H2,1-4H3. The minimum atomic E-state index is -0.378. The van der Waals surface area contributed by atoms with Crippen LogP contribution >= 0.6 is 23.2 Å². The molecule has 1 aromatic carbocycles. The summed E-state index contributed by atoms with van der Waals surface area (Å²) in [6.45, 7) is 7.38. The summed E-state index contributed by atoms with van der Waals surface area (Å²) in [5.41, 5.74) is 1.46. The van der Waals surface area contributed by atoms with Gasteiger partial charge in [-0.1, -0.05) is 55.2 Å². The van der Waals surface area contributed by atoms with Crippen molar-refractivity contribution in [2.75, 3.05) is 0 Å². The highest BCUT2D eigenvalue weighted by Crippen LogP contribution is 2.39. The lowest BCUT2D eigenvalue weighted by Crippen LogP contribution is -2.14. The second kappa shape index (κ2) is 6.31. The Morgan fingerprint density at radius 1 is 1.27 bits per heavy atom. The van der Waals surface area contributed by atoms with Gasteiger partial charge in [0.1, 0.15) is 18.1 Å². The van der Waals surface area contributed by atoms with Crippen molar-refractivity contribution in [1.29, 1.82) is 0 Å². The van der Waals surface area contributed by atoms with Crippen molar-refractivity contribution >= 4 is 29.2 Å². The number of ether oxygens (including phenoxy) is 1. The molecule has 0 fully saturated rings. The summed E-state index contributed by atoms with van der Waals surface area (Å²) < 4.78 is 10.6. The van der Waals surface area contributed by atoms with Crippen molar-refractivity contribution in [3.8, 4) is 11.3 Å². The molecule has 0 radical (unpaired) electrons. The first kappa shape index (κ1) is 16.8. The fraction of sp³-hybridized carbons (Fsp3) is 0.375. The molecule has 0 unspecified atom stereocenters. The molecule has 0 N–H and O–H groups in total. The first-order chi connectivity index (χ1) is 10.2. The lowest BCUT2D eigenvalue weighted by Gasteiger charge is -2.16. The quantitative estimate of drug-likeness (QED) is 0.736. The van der Waals surface area contributed by atoms with Gasteiger partial charge >= 0.3 is 5.97 Å². The number of carbonyl (C=O) groups is 1. The van der Waals surface area contributed by atoms with Crippen LogP contribution in [0.4, 0.5) is 0 Å². The van der Waals surface area contributed by atoms with Gasteiger partial charge in [-0.2, -0.15) is 0 Å². The molecule has 0 saturated heterocycles. The van der Waals surface area contributed by atoms with Crippen LogP contribution in [-0.4, -0.2) is 11.1 Å². The van der Waals surface area contributed by atoms with Crippen LogP contribution < -0.4 is 0 Å². The number of carbonyl (C=O) groups excluding carboxylic acids is 1. The van der Waals surface area contributed by atoms with Gasteiger partial charge in [-0.15, -0.1) is 0 Å². The molecule has 0 saturated carbocycles. The Hall–Kier alpha value is -1.52. The second-order valence-electron chi connectivity index (χ2n) is 5.97. The number of rotatable bonds is 3. The summed E-state index contributed by atoms with van der Waals surface area (Å²) in [5, 5.41) is 5.04. The van der Waals surface area contributed by atoms with Gasteiger partial charge < -0.3 is 9.26 Å². The largest absolute Gasteiger partial charge is 0.461 e. The Bertz CT molecular complexity index is 682. The van der Waals surface area contributed by atoms with Crippen molar-refractivity contribution < 1.29 is 14.1 Å². The molecule has 22 heavy (non-hydrogen) atoms. The predicted octanol–water partition coefficient (Wildman–Crippen LogP) is 5.01. The Balaban J connectivity index is 2.61. The molecule has 118 valence electrons. The van der Waals surface area contributed by atoms with Gasteiger partial charge in [0.15, 0.2) is 0 Å². The van der Waals surface area contributed by atoms with E-state index < -0.39 is 0 Å². The zero-order valence-electron chi connectivity index (χ0n) is 12.9. The number of aromatic nitrogens is 1. The van der Waals surface area contributed by atoms with Crippen molar-refractivity contribution in [3.05, 3.63) is 39.6 Å². The monoisotopic (exact) mass is 341 g/mol. The van der Waals surface area contributed by atoms with E-state index in [2.05, 4.69) is 5.16 Å². The fourth-order valence-electron chi connectivity index (χ4n) is 2.13. The van der Waals surface area contributed by atoms with Crippen LogP contribution in [0, 0.1) is 0 Å². The van der Waals surface area contributed by atoms with Crippen LogP contribution in [0.15, 0.2) is 22.7 Å². The van der Waals surface area contributed by atoms with Gasteiger partial charge in [-0.3, -0.25) is 4.79 Å². The molecular weight excluding hydrogens is 325 g/mol. The summed E-state index contributed by atoms with van der Waals surface area (Å²) in [5.74, 6) is 0.261. The summed E-state index contributed by atoms with van der Waals surface area (Å²) in [4.78, 5) is 11.2. The topological polar surface area (TPSA) is 52.3 Å². The first-order valence-corrected chi connectivity index (χ1v) is 7.54. The highest BCUT2D eigenvalue weighted by molar-refractivity contribution is 6.39. The SMILES string of the molecule is CC(=O)OCc1c(-c2c(Cl)cccc2Cl)noc1C(C)(C)C. The number of esters is 1. The van der Waals surface area contributed by atoms with Crippen LogP contribution in [-0.2, 0) is 21.6 Å². The Morgan fingerprint density at radius 3 is 2.36 bits per heavy atom. The van der Waals surface area contributed by atoms with Crippen molar-refractivity contribution in [3.63, 3.8) is 0 Å². The minimum Gasteiger partial charge on any atom is -0.461 e. The molecule has 6 heteroatoms. The van der Waals surface area contributed by atoms with Crippen LogP contribution in [0.25, 0.3) is 11.3 Å². The number of hydrogen-bond donors (Lipinski definition) is 0. The molecule has 0 aliphatic rings. The van der Waals surface area contributed by atoms with Crippen LogP contribution in [0.1, 0.15) is 39.0 Å². The van der Waals surface area contributed by atoms with Crippen LogP contribution in [0.5, 0.6) is 0 Å². The maximum atomic E-state index is 11.2. The van der Waals surface area contributed by atoms with E-state index in [0.717, 1.165) is 0 Å². The van der Waals surface area contributed by atoms with Gasteiger partial charge in [0, 0.05) is 17.9 Å². The molecule has 0 atom stereocenters. The molecule has 0 aliphatic heterocycles. The van der Waals surface area contributed by atoms with E-state index in [1.807, 2.05) is 20.8 Å². The average Bonchev–Trinajstić information content (AvgIpc) is 2.79. The van der Waals surface area contributed by atoms with E-state index in [1.165, 1.54) is 6.92 Å². The van der Waals surface area contributed by atoms with Crippen LogP contribution in [0.2, 0.25) is 10.0 Å². The molecular formula is C16H17Cl2NO3. The first-order valence-electron chi connectivity index (χ1n) is 6.78. The lowest BCUT2D eigenvalue weighted by molar-refractivity contribution is -0.142. The molecule has 0 amide bonds. The summed E-state index contributed by atoms with van der Waals surface area (Å²) in [6, 6.07) is 5.21. The summed E-state index contributed by atoms with van der Waals surface area (Å²) >= 11 is 12.5. The predicted molar refractivity (Wildman–Crippen MR) is 86.1 cm³/mol. The Morgan fingerprint density at radius 2 is 1.86 bits per heavy atom. The molecule has 1 heterocycles. The molecule has 2 aromatic rings. The highest BCUT2D eigenvalue weighted by atomic mass is 35.5. The second-order valence-corrected chi connectivity index (χ2v) is 6.78. The number of halogens is 2. The zero-order chi connectivity index (χ0) is 16.5. The molecule has 4 nitrogen and oxygen atoms in total. The summed E-state index contributed by atoms with van der Waals surface area (Å²) in [6.07, 6.45) is 0. The molecule has 1 aromatic heterocycles. The highest BCUT2D eigenvalue weighted by Gasteiger charge is 2.29. The maximum Gasteiger partial charge on any atom is 0.302 e. The third-order valence-electron chi connectivity index (χ3n) is 3.09. The number of hydrogen-bond acceptors (Lipinski definition) is 4. The van der Waals surface area contributed by atoms with Crippen molar-refractivity contribution in [2.45, 2.75) is 39.7 Å². The van der Waals surface area contributed by atoms with Gasteiger partial charge in [0.05, 0.1) is 15.6 Å².